The fourth-order valence-corrected chi connectivity index (χ4v) is 7.05. The molecule has 0 heterocycles. The van der Waals surface area contributed by atoms with Crippen molar-refractivity contribution in [3.8, 4) is 0 Å². The lowest BCUT2D eigenvalue weighted by molar-refractivity contribution is -0.0517. The standard InChI is InChI=1S/C30H21S.CHF3O3S.CHF3/c1-4-16-25-22(10-1)13-7-19-28(25)31(29-20-8-14-23-11-2-5-17-26(23)29)30-21-9-15-24-12-3-6-18-27(24)30;2-1(3,4)8(5,6)7;2-1(3)4/h1-21H;(H,5,6,7);1H/q+1;;/p-1. The molecule has 0 atom stereocenters. The number of benzene rings is 6. The first-order valence-corrected chi connectivity index (χ1v) is 15.1. The Morgan fingerprint density at radius 1 is 0.512 bits per heavy atom. The SMILES string of the molecule is FC(F)F.O=S(=O)([O-])C(F)(F)F.c1ccc2c([S+](c3cccc4ccccc34)c3cccc4ccccc34)cccc2c1. The zero-order chi connectivity index (χ0) is 31.2. The number of hydrogen-bond acceptors (Lipinski definition) is 3. The van der Waals surface area contributed by atoms with Crippen LogP contribution in [0.25, 0.3) is 32.3 Å². The minimum absolute atomic E-state index is 0.238. The van der Waals surface area contributed by atoms with Crippen LogP contribution in [0.5, 0.6) is 0 Å². The Morgan fingerprint density at radius 2 is 0.744 bits per heavy atom. The van der Waals surface area contributed by atoms with E-state index in [9.17, 15) is 26.3 Å². The molecule has 11 heteroatoms. The lowest BCUT2D eigenvalue weighted by Gasteiger charge is -2.14. The molecule has 43 heavy (non-hydrogen) atoms. The van der Waals surface area contributed by atoms with Crippen LogP contribution in [0.1, 0.15) is 0 Å². The Kier molecular flexibility index (Phi) is 10.0. The van der Waals surface area contributed by atoms with E-state index < -0.39 is 22.3 Å². The van der Waals surface area contributed by atoms with Crippen LogP contribution < -0.4 is 0 Å². The zero-order valence-electron chi connectivity index (χ0n) is 22.0. The Bertz CT molecular complexity index is 1750. The third-order valence-electron chi connectivity index (χ3n) is 6.19. The van der Waals surface area contributed by atoms with Crippen LogP contribution in [0.3, 0.4) is 0 Å². The summed E-state index contributed by atoms with van der Waals surface area (Å²) in [6, 6.07) is 46.5. The van der Waals surface area contributed by atoms with Crippen molar-refractivity contribution < 1.29 is 39.3 Å². The summed E-state index contributed by atoms with van der Waals surface area (Å²) in [4.78, 5) is 4.14. The average molecular weight is 633 g/mol. The summed E-state index contributed by atoms with van der Waals surface area (Å²) < 4.78 is 87.9. The first-order chi connectivity index (χ1) is 20.4. The van der Waals surface area contributed by atoms with Gasteiger partial charge >= 0.3 is 12.2 Å². The highest BCUT2D eigenvalue weighted by Crippen LogP contribution is 2.41. The van der Waals surface area contributed by atoms with Gasteiger partial charge in [0.15, 0.2) is 24.8 Å². The van der Waals surface area contributed by atoms with E-state index >= 15 is 0 Å². The van der Waals surface area contributed by atoms with Crippen LogP contribution in [0.4, 0.5) is 26.3 Å². The molecule has 0 amide bonds. The molecule has 6 aromatic rings. The lowest BCUT2D eigenvalue weighted by atomic mass is 10.1. The van der Waals surface area contributed by atoms with Gasteiger partial charge in [-0.05, 0) is 52.6 Å². The monoisotopic (exact) mass is 632 g/mol. The fraction of sp³-hybridized carbons (Fsp3) is 0.0625. The van der Waals surface area contributed by atoms with Crippen LogP contribution in [0.2, 0.25) is 0 Å². The summed E-state index contributed by atoms with van der Waals surface area (Å²) in [6.45, 7) is -3.67. The highest BCUT2D eigenvalue weighted by molar-refractivity contribution is 7.97. The second-order valence-corrected chi connectivity index (χ2v) is 12.2. The van der Waals surface area contributed by atoms with Gasteiger partial charge in [0, 0.05) is 16.2 Å². The van der Waals surface area contributed by atoms with E-state index in [1.54, 1.807) is 0 Å². The molecule has 0 radical (unpaired) electrons. The molecule has 3 nitrogen and oxygen atoms in total. The quantitative estimate of drug-likeness (QED) is 0.0845. The molecule has 0 N–H and O–H groups in total. The Morgan fingerprint density at radius 3 is 1.00 bits per heavy atom. The smallest absolute Gasteiger partial charge is 0.485 e. The predicted octanol–water partition coefficient (Wildman–Crippen LogP) is 9.47. The van der Waals surface area contributed by atoms with E-state index in [2.05, 4.69) is 127 Å². The molecule has 0 saturated carbocycles. The van der Waals surface area contributed by atoms with Crippen molar-refractivity contribution >= 4 is 53.3 Å². The van der Waals surface area contributed by atoms with Gasteiger partial charge in [-0.1, -0.05) is 91.0 Å². The molecule has 0 aliphatic carbocycles. The minimum atomic E-state index is -6.09. The maximum atomic E-state index is 10.7. The molecule has 0 spiro atoms. The summed E-state index contributed by atoms with van der Waals surface area (Å²) in [5.41, 5.74) is -5.65. The van der Waals surface area contributed by atoms with E-state index in [-0.39, 0.29) is 10.9 Å². The van der Waals surface area contributed by atoms with E-state index in [1.807, 2.05) is 0 Å². The Balaban J connectivity index is 0.000000301. The zero-order valence-corrected chi connectivity index (χ0v) is 23.6. The predicted molar refractivity (Wildman–Crippen MR) is 157 cm³/mol. The Labute approximate surface area is 246 Å². The van der Waals surface area contributed by atoms with E-state index in [4.69, 9.17) is 13.0 Å². The second kappa shape index (κ2) is 13.5. The van der Waals surface area contributed by atoms with Crippen molar-refractivity contribution in [3.05, 3.63) is 127 Å². The number of rotatable bonds is 3. The maximum Gasteiger partial charge on any atom is 0.485 e. The van der Waals surface area contributed by atoms with Gasteiger partial charge in [-0.3, -0.25) is 0 Å². The van der Waals surface area contributed by atoms with Crippen molar-refractivity contribution in [2.75, 3.05) is 0 Å². The van der Waals surface area contributed by atoms with Crippen LogP contribution >= 0.6 is 0 Å². The van der Waals surface area contributed by atoms with Gasteiger partial charge in [-0.2, -0.15) is 26.3 Å². The molecule has 6 aromatic carbocycles. The molecule has 6 rings (SSSR count). The van der Waals surface area contributed by atoms with Crippen LogP contribution in [-0.4, -0.2) is 25.2 Å². The third kappa shape index (κ3) is 7.67. The summed E-state index contributed by atoms with van der Waals surface area (Å²) >= 11 is 0. The third-order valence-corrected chi connectivity index (χ3v) is 9.15. The molecule has 0 saturated heterocycles. The molecule has 0 fully saturated rings. The van der Waals surface area contributed by atoms with Gasteiger partial charge in [-0.25, -0.2) is 8.42 Å². The van der Waals surface area contributed by atoms with Crippen molar-refractivity contribution in [1.29, 1.82) is 0 Å². The molecule has 0 aromatic heterocycles. The highest BCUT2D eigenvalue weighted by Gasteiger charge is 2.37. The van der Waals surface area contributed by atoms with E-state index in [1.165, 1.54) is 47.0 Å². The van der Waals surface area contributed by atoms with Crippen LogP contribution in [0, 0.1) is 0 Å². The van der Waals surface area contributed by atoms with Gasteiger partial charge in [-0.15, -0.1) is 0 Å². The molecule has 0 aliphatic heterocycles. The normalized spacial score (nSPS) is 11.7. The molecule has 222 valence electrons. The number of hydrogen-bond donors (Lipinski definition) is 0. The molecule has 0 aliphatic rings. The van der Waals surface area contributed by atoms with Gasteiger partial charge in [0.05, 0.1) is 0 Å². The lowest BCUT2D eigenvalue weighted by Crippen LogP contribution is -2.21. The highest BCUT2D eigenvalue weighted by atomic mass is 32.2. The van der Waals surface area contributed by atoms with Crippen LogP contribution in [-0.2, 0) is 21.0 Å². The van der Waals surface area contributed by atoms with Crippen molar-refractivity contribution in [3.63, 3.8) is 0 Å². The first-order valence-electron chi connectivity index (χ1n) is 12.5. The second-order valence-electron chi connectivity index (χ2n) is 8.89. The average Bonchev–Trinajstić information content (AvgIpc) is 2.97. The summed E-state index contributed by atoms with van der Waals surface area (Å²) in [5.74, 6) is 0. The van der Waals surface area contributed by atoms with Gasteiger partial charge in [0.2, 0.25) is 0 Å². The first kappa shape index (κ1) is 31.9. The summed E-state index contributed by atoms with van der Waals surface area (Å²) in [6.07, 6.45) is 0. The van der Waals surface area contributed by atoms with E-state index in [0.717, 1.165) is 0 Å². The topological polar surface area (TPSA) is 57.2 Å². The van der Waals surface area contributed by atoms with Crippen molar-refractivity contribution in [2.45, 2.75) is 26.9 Å². The minimum Gasteiger partial charge on any atom is -0.741 e. The van der Waals surface area contributed by atoms with Gasteiger partial charge < -0.3 is 4.55 Å². The molecule has 0 unspecified atom stereocenters. The maximum absolute atomic E-state index is 10.7. The van der Waals surface area contributed by atoms with Crippen LogP contribution in [0.15, 0.2) is 142 Å². The summed E-state index contributed by atoms with van der Waals surface area (Å²) in [7, 11) is -6.33. The van der Waals surface area contributed by atoms with Gasteiger partial charge in [0.25, 0.3) is 0 Å². The molecular formula is C32H22F6O3S2. The summed E-state index contributed by atoms with van der Waals surface area (Å²) in [5, 5.41) is 7.85. The molecule has 0 bridgehead atoms. The number of alkyl halides is 6. The van der Waals surface area contributed by atoms with Crippen molar-refractivity contribution in [1.82, 2.24) is 0 Å². The number of halogens is 6. The van der Waals surface area contributed by atoms with Crippen molar-refractivity contribution in [2.24, 2.45) is 0 Å². The Hall–Kier alpha value is -4.06. The fourth-order valence-electron chi connectivity index (χ4n) is 4.48. The largest absolute Gasteiger partial charge is 0.741 e. The van der Waals surface area contributed by atoms with Gasteiger partial charge in [0.1, 0.15) is 10.9 Å². The van der Waals surface area contributed by atoms with E-state index in [0.29, 0.717) is 0 Å². The number of fused-ring (bicyclic) bond motifs is 3. The molecular weight excluding hydrogens is 610 g/mol.